The zero-order valence-corrected chi connectivity index (χ0v) is 10.1. The van der Waals surface area contributed by atoms with E-state index in [1.54, 1.807) is 7.11 Å². The van der Waals surface area contributed by atoms with Gasteiger partial charge < -0.3 is 9.47 Å². The van der Waals surface area contributed by atoms with Crippen molar-refractivity contribution in [3.8, 4) is 5.75 Å². The van der Waals surface area contributed by atoms with Gasteiger partial charge in [-0.15, -0.1) is 0 Å². The maximum absolute atomic E-state index is 11.9. The second kappa shape index (κ2) is 5.82. The third-order valence-electron chi connectivity index (χ3n) is 3.06. The van der Waals surface area contributed by atoms with Crippen LogP contribution in [0.3, 0.4) is 0 Å². The molecule has 3 nitrogen and oxygen atoms in total. The zero-order chi connectivity index (χ0) is 12.1. The van der Waals surface area contributed by atoms with Gasteiger partial charge >= 0.3 is 0 Å². The Bertz CT molecular complexity index is 381. The first kappa shape index (κ1) is 12.1. The van der Waals surface area contributed by atoms with Crippen molar-refractivity contribution >= 4 is 5.78 Å². The van der Waals surface area contributed by atoms with Gasteiger partial charge in [0.25, 0.3) is 0 Å². The van der Waals surface area contributed by atoms with Crippen LogP contribution in [0.5, 0.6) is 5.75 Å². The van der Waals surface area contributed by atoms with Gasteiger partial charge in [-0.1, -0.05) is 18.2 Å². The van der Waals surface area contributed by atoms with E-state index in [2.05, 4.69) is 0 Å². The number of Topliss-reactive ketones (excluding diaryl/α,β-unsaturated/α-hetero) is 1. The van der Waals surface area contributed by atoms with Crippen LogP contribution in [0.4, 0.5) is 0 Å². The summed E-state index contributed by atoms with van der Waals surface area (Å²) < 4.78 is 10.7. The third-order valence-corrected chi connectivity index (χ3v) is 3.06. The van der Waals surface area contributed by atoms with Crippen LogP contribution in [0.15, 0.2) is 24.3 Å². The summed E-state index contributed by atoms with van der Waals surface area (Å²) in [5, 5.41) is 0. The van der Waals surface area contributed by atoms with Crippen molar-refractivity contribution in [1.29, 1.82) is 0 Å². The minimum Gasteiger partial charge on any atom is -0.496 e. The Labute approximate surface area is 102 Å². The fourth-order valence-electron chi connectivity index (χ4n) is 2.19. The highest BCUT2D eigenvalue weighted by molar-refractivity contribution is 5.82. The lowest BCUT2D eigenvalue weighted by Crippen LogP contribution is -2.14. The highest BCUT2D eigenvalue weighted by Crippen LogP contribution is 2.21. The molecule has 1 aromatic carbocycles. The molecule has 0 spiro atoms. The number of carbonyl (C=O) groups is 1. The minimum absolute atomic E-state index is 0.136. The smallest absolute Gasteiger partial charge is 0.139 e. The predicted molar refractivity (Wildman–Crippen MR) is 65.3 cm³/mol. The Hall–Kier alpha value is -1.35. The molecule has 0 amide bonds. The van der Waals surface area contributed by atoms with Crippen LogP contribution < -0.4 is 4.74 Å². The van der Waals surface area contributed by atoms with E-state index in [-0.39, 0.29) is 11.9 Å². The molecule has 0 aliphatic carbocycles. The number of carbonyl (C=O) groups excluding carboxylic acids is 1. The van der Waals surface area contributed by atoms with E-state index in [9.17, 15) is 4.79 Å². The van der Waals surface area contributed by atoms with E-state index in [1.807, 2.05) is 24.3 Å². The van der Waals surface area contributed by atoms with Gasteiger partial charge in [0.15, 0.2) is 0 Å². The molecule has 0 saturated carbocycles. The number of hydrogen-bond acceptors (Lipinski definition) is 3. The van der Waals surface area contributed by atoms with E-state index in [0.29, 0.717) is 12.8 Å². The predicted octanol–water partition coefficient (Wildman–Crippen LogP) is 2.38. The van der Waals surface area contributed by atoms with Gasteiger partial charge in [-0.05, 0) is 18.9 Å². The summed E-state index contributed by atoms with van der Waals surface area (Å²) in [7, 11) is 1.63. The van der Waals surface area contributed by atoms with Crippen LogP contribution in [-0.2, 0) is 16.0 Å². The third kappa shape index (κ3) is 3.30. The maximum atomic E-state index is 11.9. The number of benzene rings is 1. The molecule has 1 aliphatic rings. The minimum atomic E-state index is 0.136. The zero-order valence-electron chi connectivity index (χ0n) is 10.1. The van der Waals surface area contributed by atoms with Gasteiger partial charge in [-0.25, -0.2) is 0 Å². The van der Waals surface area contributed by atoms with Crippen LogP contribution in [-0.4, -0.2) is 25.6 Å². The van der Waals surface area contributed by atoms with Crippen LogP contribution in [0.2, 0.25) is 0 Å². The van der Waals surface area contributed by atoms with Crippen LogP contribution in [0, 0.1) is 0 Å². The number of rotatable bonds is 5. The summed E-state index contributed by atoms with van der Waals surface area (Å²) in [6, 6.07) is 7.66. The lowest BCUT2D eigenvalue weighted by molar-refractivity contribution is -0.120. The fraction of sp³-hybridized carbons (Fsp3) is 0.500. The molecule has 1 unspecified atom stereocenters. The number of methoxy groups -OCH3 is 1. The molecule has 1 aromatic rings. The van der Waals surface area contributed by atoms with E-state index in [0.717, 1.165) is 30.8 Å². The normalized spacial score (nSPS) is 19.2. The van der Waals surface area contributed by atoms with Crippen molar-refractivity contribution in [2.75, 3.05) is 13.7 Å². The molecular formula is C14H18O3. The van der Waals surface area contributed by atoms with Crippen molar-refractivity contribution in [2.24, 2.45) is 0 Å². The molecular weight excluding hydrogens is 216 g/mol. The van der Waals surface area contributed by atoms with Crippen LogP contribution in [0.1, 0.15) is 24.8 Å². The van der Waals surface area contributed by atoms with Gasteiger partial charge in [0.2, 0.25) is 0 Å². The summed E-state index contributed by atoms with van der Waals surface area (Å²) in [5.41, 5.74) is 0.956. The monoisotopic (exact) mass is 234 g/mol. The molecule has 1 atom stereocenters. The quantitative estimate of drug-likeness (QED) is 0.784. The van der Waals surface area contributed by atoms with Crippen molar-refractivity contribution < 1.29 is 14.3 Å². The van der Waals surface area contributed by atoms with E-state index in [1.165, 1.54) is 0 Å². The summed E-state index contributed by atoms with van der Waals surface area (Å²) in [6.07, 6.45) is 3.18. The second-order valence-corrected chi connectivity index (χ2v) is 4.37. The number of ketones is 1. The molecule has 0 aromatic heterocycles. The number of para-hydroxylation sites is 1. The molecule has 1 fully saturated rings. The first-order valence-electron chi connectivity index (χ1n) is 6.05. The van der Waals surface area contributed by atoms with Gasteiger partial charge in [-0.2, -0.15) is 0 Å². The first-order chi connectivity index (χ1) is 8.29. The molecule has 0 radical (unpaired) electrons. The maximum Gasteiger partial charge on any atom is 0.139 e. The summed E-state index contributed by atoms with van der Waals surface area (Å²) in [6.45, 7) is 0.798. The summed E-state index contributed by atoms with van der Waals surface area (Å²) in [4.78, 5) is 11.9. The van der Waals surface area contributed by atoms with Crippen molar-refractivity contribution in [2.45, 2.75) is 31.8 Å². The standard InChI is InChI=1S/C14H18O3/c1-16-14-7-3-2-5-11(14)9-12(15)10-13-6-4-8-17-13/h2-3,5,7,13H,4,6,8-10H2,1H3. The molecule has 0 bridgehead atoms. The Morgan fingerprint density at radius 1 is 1.47 bits per heavy atom. The van der Waals surface area contributed by atoms with Gasteiger partial charge in [0.1, 0.15) is 11.5 Å². The van der Waals surface area contributed by atoms with Crippen molar-refractivity contribution in [3.63, 3.8) is 0 Å². The number of ether oxygens (including phenoxy) is 2. The van der Waals surface area contributed by atoms with Crippen LogP contribution >= 0.6 is 0 Å². The molecule has 17 heavy (non-hydrogen) atoms. The van der Waals surface area contributed by atoms with E-state index in [4.69, 9.17) is 9.47 Å². The fourth-order valence-corrected chi connectivity index (χ4v) is 2.19. The summed E-state index contributed by atoms with van der Waals surface area (Å²) >= 11 is 0. The first-order valence-corrected chi connectivity index (χ1v) is 6.05. The lowest BCUT2D eigenvalue weighted by atomic mass is 10.0. The van der Waals surface area contributed by atoms with Gasteiger partial charge in [-0.3, -0.25) is 4.79 Å². The topological polar surface area (TPSA) is 35.5 Å². The van der Waals surface area contributed by atoms with Crippen molar-refractivity contribution in [3.05, 3.63) is 29.8 Å². The number of hydrogen-bond donors (Lipinski definition) is 0. The van der Waals surface area contributed by atoms with E-state index >= 15 is 0 Å². The SMILES string of the molecule is COc1ccccc1CC(=O)CC1CCCO1. The van der Waals surface area contributed by atoms with Crippen LogP contribution in [0.25, 0.3) is 0 Å². The molecule has 3 heteroatoms. The average Bonchev–Trinajstić information content (AvgIpc) is 2.82. The highest BCUT2D eigenvalue weighted by Gasteiger charge is 2.19. The van der Waals surface area contributed by atoms with Crippen molar-refractivity contribution in [1.82, 2.24) is 0 Å². The Morgan fingerprint density at radius 2 is 2.29 bits per heavy atom. The molecule has 1 aliphatic heterocycles. The lowest BCUT2D eigenvalue weighted by Gasteiger charge is -2.10. The molecule has 2 rings (SSSR count). The Kier molecular flexibility index (Phi) is 4.15. The molecule has 0 N–H and O–H groups in total. The largest absolute Gasteiger partial charge is 0.496 e. The average molecular weight is 234 g/mol. The highest BCUT2D eigenvalue weighted by atomic mass is 16.5. The Balaban J connectivity index is 1.92. The second-order valence-electron chi connectivity index (χ2n) is 4.37. The Morgan fingerprint density at radius 3 is 3.00 bits per heavy atom. The van der Waals surface area contributed by atoms with E-state index < -0.39 is 0 Å². The molecule has 1 saturated heterocycles. The summed E-state index contributed by atoms with van der Waals surface area (Å²) in [5.74, 6) is 1.01. The molecule has 92 valence electrons. The van der Waals surface area contributed by atoms with Gasteiger partial charge in [0, 0.05) is 25.0 Å². The van der Waals surface area contributed by atoms with Gasteiger partial charge in [0.05, 0.1) is 13.2 Å². The molecule has 1 heterocycles.